The first-order valence-corrected chi connectivity index (χ1v) is 5.53. The fraction of sp³-hybridized carbons (Fsp3) is 0.667. The van der Waals surface area contributed by atoms with E-state index in [4.69, 9.17) is 11.5 Å². The van der Waals surface area contributed by atoms with Crippen LogP contribution in [-0.4, -0.2) is 23.0 Å². The number of amides is 1. The van der Waals surface area contributed by atoms with Crippen LogP contribution >= 0.6 is 0 Å². The van der Waals surface area contributed by atoms with E-state index in [1.807, 2.05) is 6.92 Å². The lowest BCUT2D eigenvalue weighted by Gasteiger charge is -2.18. The zero-order chi connectivity index (χ0) is 12.1. The molecule has 0 saturated heterocycles. The fourth-order valence-corrected chi connectivity index (χ4v) is 2.13. The van der Waals surface area contributed by atoms with Crippen molar-refractivity contribution in [3.63, 3.8) is 0 Å². The van der Waals surface area contributed by atoms with Crippen molar-refractivity contribution in [3.8, 4) is 12.3 Å². The molecule has 4 heteroatoms. The van der Waals surface area contributed by atoms with Gasteiger partial charge in [-0.15, -0.1) is 12.3 Å². The van der Waals surface area contributed by atoms with Crippen LogP contribution in [0.4, 0.5) is 0 Å². The van der Waals surface area contributed by atoms with Crippen molar-refractivity contribution in [2.45, 2.75) is 38.6 Å². The first-order valence-electron chi connectivity index (χ1n) is 5.53. The highest BCUT2D eigenvalue weighted by Crippen LogP contribution is 2.31. The maximum Gasteiger partial charge on any atom is 0.327 e. The molecule has 0 bridgehead atoms. The zero-order valence-electron chi connectivity index (χ0n) is 9.40. The Labute approximate surface area is 95.4 Å². The Morgan fingerprint density at radius 1 is 1.56 bits per heavy atom. The lowest BCUT2D eigenvalue weighted by Crippen LogP contribution is -2.43. The van der Waals surface area contributed by atoms with E-state index in [1.54, 1.807) is 0 Å². The molecular weight excluding hydrogens is 206 g/mol. The van der Waals surface area contributed by atoms with Crippen molar-refractivity contribution in [1.82, 2.24) is 5.32 Å². The van der Waals surface area contributed by atoms with Gasteiger partial charge in [0.05, 0.1) is 0 Å². The Morgan fingerprint density at radius 3 is 2.69 bits per heavy atom. The molecule has 16 heavy (non-hydrogen) atoms. The van der Waals surface area contributed by atoms with Crippen LogP contribution in [0.3, 0.4) is 0 Å². The van der Waals surface area contributed by atoms with Gasteiger partial charge in [0.1, 0.15) is 6.04 Å². The van der Waals surface area contributed by atoms with Crippen LogP contribution in [0.2, 0.25) is 0 Å². The number of carbonyl (C=O) groups excluding carboxylic acids is 1. The van der Waals surface area contributed by atoms with Crippen LogP contribution < -0.4 is 5.32 Å². The van der Waals surface area contributed by atoms with Gasteiger partial charge in [-0.05, 0) is 18.8 Å². The molecule has 1 fully saturated rings. The van der Waals surface area contributed by atoms with E-state index >= 15 is 0 Å². The number of carbonyl (C=O) groups is 2. The monoisotopic (exact) mass is 223 g/mol. The molecule has 88 valence electrons. The second kappa shape index (κ2) is 5.55. The smallest absolute Gasteiger partial charge is 0.327 e. The minimum absolute atomic E-state index is 0.0299. The number of carboxylic acid groups (broad SMARTS) is 1. The number of carboxylic acids is 1. The Bertz CT molecular complexity index is 319. The average molecular weight is 223 g/mol. The normalized spacial score (nSPS) is 25.8. The predicted molar refractivity (Wildman–Crippen MR) is 59.5 cm³/mol. The van der Waals surface area contributed by atoms with E-state index < -0.39 is 12.0 Å². The van der Waals surface area contributed by atoms with Gasteiger partial charge in [-0.2, -0.15) is 0 Å². The highest BCUT2D eigenvalue weighted by molar-refractivity contribution is 5.85. The molecule has 0 spiro atoms. The SMILES string of the molecule is C#CCC(NC(=O)C1CCCC1C)C(=O)O. The molecule has 3 unspecified atom stereocenters. The maximum atomic E-state index is 11.8. The second-order valence-electron chi connectivity index (χ2n) is 4.32. The molecule has 1 saturated carbocycles. The molecule has 0 aromatic heterocycles. The van der Waals surface area contributed by atoms with Crippen molar-refractivity contribution >= 4 is 11.9 Å². The maximum absolute atomic E-state index is 11.8. The number of rotatable bonds is 4. The van der Waals surface area contributed by atoms with Crippen LogP contribution in [0.1, 0.15) is 32.6 Å². The standard InChI is InChI=1S/C12H17NO3/c1-3-5-10(12(15)16)13-11(14)9-7-4-6-8(9)2/h1,8-10H,4-7H2,2H3,(H,13,14)(H,15,16). The minimum Gasteiger partial charge on any atom is -0.480 e. The van der Waals surface area contributed by atoms with Crippen molar-refractivity contribution in [2.75, 3.05) is 0 Å². The van der Waals surface area contributed by atoms with E-state index in [0.29, 0.717) is 5.92 Å². The summed E-state index contributed by atoms with van der Waals surface area (Å²) in [6, 6.07) is -0.953. The Morgan fingerprint density at radius 2 is 2.25 bits per heavy atom. The van der Waals surface area contributed by atoms with Crippen LogP contribution in [-0.2, 0) is 9.59 Å². The number of aliphatic carboxylic acids is 1. The molecule has 1 aliphatic carbocycles. The molecule has 1 amide bonds. The topological polar surface area (TPSA) is 66.4 Å². The highest BCUT2D eigenvalue weighted by atomic mass is 16.4. The predicted octanol–water partition coefficient (Wildman–Crippen LogP) is 1.02. The van der Waals surface area contributed by atoms with Crippen LogP contribution in [0, 0.1) is 24.2 Å². The zero-order valence-corrected chi connectivity index (χ0v) is 9.40. The van der Waals surface area contributed by atoms with Gasteiger partial charge >= 0.3 is 5.97 Å². The Hall–Kier alpha value is -1.50. The summed E-state index contributed by atoms with van der Waals surface area (Å²) >= 11 is 0. The Kier molecular flexibility index (Phi) is 4.36. The first-order chi connectivity index (χ1) is 7.56. The molecule has 1 rings (SSSR count). The Balaban J connectivity index is 2.55. The van der Waals surface area contributed by atoms with Crippen molar-refractivity contribution in [3.05, 3.63) is 0 Å². The molecule has 0 heterocycles. The van der Waals surface area contributed by atoms with Crippen LogP contribution in [0.5, 0.6) is 0 Å². The van der Waals surface area contributed by atoms with Crippen molar-refractivity contribution in [2.24, 2.45) is 11.8 Å². The van der Waals surface area contributed by atoms with Crippen LogP contribution in [0.25, 0.3) is 0 Å². The lowest BCUT2D eigenvalue weighted by atomic mass is 9.97. The van der Waals surface area contributed by atoms with Gasteiger partial charge in [0.2, 0.25) is 5.91 Å². The molecule has 0 aromatic carbocycles. The molecule has 3 atom stereocenters. The van der Waals surface area contributed by atoms with Crippen LogP contribution in [0.15, 0.2) is 0 Å². The summed E-state index contributed by atoms with van der Waals surface area (Å²) in [4.78, 5) is 22.6. The molecular formula is C12H17NO3. The molecule has 0 aromatic rings. The minimum atomic E-state index is -1.07. The van der Waals surface area contributed by atoms with Crippen molar-refractivity contribution in [1.29, 1.82) is 0 Å². The number of hydrogen-bond donors (Lipinski definition) is 2. The van der Waals surface area contributed by atoms with E-state index in [1.165, 1.54) is 0 Å². The summed E-state index contributed by atoms with van der Waals surface area (Å²) in [6.07, 6.45) is 8.00. The van der Waals surface area contributed by atoms with E-state index in [0.717, 1.165) is 19.3 Å². The third-order valence-corrected chi connectivity index (χ3v) is 3.13. The molecule has 1 aliphatic rings. The number of terminal acetylenes is 1. The number of nitrogens with one attached hydrogen (secondary N) is 1. The summed E-state index contributed by atoms with van der Waals surface area (Å²) in [7, 11) is 0. The van der Waals surface area contributed by atoms with E-state index in [9.17, 15) is 9.59 Å². The van der Waals surface area contributed by atoms with Gasteiger partial charge in [-0.3, -0.25) is 4.79 Å². The van der Waals surface area contributed by atoms with Gasteiger partial charge in [0.25, 0.3) is 0 Å². The summed E-state index contributed by atoms with van der Waals surface area (Å²) in [5.74, 6) is 1.29. The second-order valence-corrected chi connectivity index (χ2v) is 4.32. The summed E-state index contributed by atoms with van der Waals surface area (Å²) in [6.45, 7) is 2.02. The lowest BCUT2D eigenvalue weighted by molar-refractivity contribution is -0.142. The van der Waals surface area contributed by atoms with Gasteiger partial charge in [0.15, 0.2) is 0 Å². The quantitative estimate of drug-likeness (QED) is 0.699. The van der Waals surface area contributed by atoms with Gasteiger partial charge in [-0.1, -0.05) is 13.3 Å². The third-order valence-electron chi connectivity index (χ3n) is 3.13. The van der Waals surface area contributed by atoms with E-state index in [-0.39, 0.29) is 18.2 Å². The third kappa shape index (κ3) is 2.99. The van der Waals surface area contributed by atoms with Crippen molar-refractivity contribution < 1.29 is 14.7 Å². The van der Waals surface area contributed by atoms with Gasteiger partial charge in [-0.25, -0.2) is 4.79 Å². The summed E-state index contributed by atoms with van der Waals surface area (Å²) in [5.41, 5.74) is 0. The molecule has 0 radical (unpaired) electrons. The van der Waals surface area contributed by atoms with Gasteiger partial charge in [0, 0.05) is 12.3 Å². The largest absolute Gasteiger partial charge is 0.480 e. The van der Waals surface area contributed by atoms with E-state index in [2.05, 4.69) is 11.2 Å². The molecule has 4 nitrogen and oxygen atoms in total. The van der Waals surface area contributed by atoms with Gasteiger partial charge < -0.3 is 10.4 Å². The first kappa shape index (κ1) is 12.6. The molecule has 0 aliphatic heterocycles. The fourth-order valence-electron chi connectivity index (χ4n) is 2.13. The summed E-state index contributed by atoms with van der Waals surface area (Å²) in [5, 5.41) is 11.4. The average Bonchev–Trinajstić information content (AvgIpc) is 2.63. The highest BCUT2D eigenvalue weighted by Gasteiger charge is 2.31. The number of hydrogen-bond acceptors (Lipinski definition) is 2. The summed E-state index contributed by atoms with van der Waals surface area (Å²) < 4.78 is 0. The molecule has 2 N–H and O–H groups in total.